The van der Waals surface area contributed by atoms with Crippen LogP contribution >= 0.6 is 24.0 Å². The van der Waals surface area contributed by atoms with Gasteiger partial charge >= 0.3 is 0 Å². The summed E-state index contributed by atoms with van der Waals surface area (Å²) in [6.45, 7) is 0. The highest BCUT2D eigenvalue weighted by Gasteiger charge is 2.21. The van der Waals surface area contributed by atoms with Gasteiger partial charge in [-0.15, -0.1) is 11.8 Å². The zero-order chi connectivity index (χ0) is 20.3. The van der Waals surface area contributed by atoms with E-state index in [0.717, 1.165) is 55.4 Å². The van der Waals surface area contributed by atoms with Crippen LogP contribution in [-0.2, 0) is 5.75 Å². The molecule has 0 saturated heterocycles. The van der Waals surface area contributed by atoms with Crippen LogP contribution in [-0.4, -0.2) is 4.86 Å². The van der Waals surface area contributed by atoms with E-state index in [4.69, 9.17) is 16.6 Å². The molecule has 0 aliphatic heterocycles. The van der Waals surface area contributed by atoms with Crippen molar-refractivity contribution in [1.82, 2.24) is 0 Å². The van der Waals surface area contributed by atoms with Gasteiger partial charge in [-0.2, -0.15) is 0 Å². The third-order valence-corrected chi connectivity index (χ3v) is 6.62. The van der Waals surface area contributed by atoms with Crippen LogP contribution in [0.1, 0.15) is 17.5 Å². The van der Waals surface area contributed by atoms with Crippen molar-refractivity contribution in [2.45, 2.75) is 17.1 Å². The molecule has 1 aliphatic carbocycles. The molecule has 0 unspecified atom stereocenters. The fourth-order valence-electron chi connectivity index (χ4n) is 3.67. The van der Waals surface area contributed by atoms with E-state index in [2.05, 4.69) is 66.8 Å². The topological polar surface area (TPSA) is 13.1 Å². The van der Waals surface area contributed by atoms with E-state index in [1.807, 2.05) is 30.3 Å². The van der Waals surface area contributed by atoms with Gasteiger partial charge in [-0.25, -0.2) is 0 Å². The third-order valence-electron chi connectivity index (χ3n) is 5.15. The van der Waals surface area contributed by atoms with Crippen LogP contribution in [0.25, 0.3) is 27.9 Å². The monoisotopic (exact) mass is 423 g/mol. The fraction of sp³-hybridized carbons (Fsp3) is 0.0741. The van der Waals surface area contributed by atoms with Gasteiger partial charge in [0.2, 0.25) is 0 Å². The average molecular weight is 424 g/mol. The van der Waals surface area contributed by atoms with Crippen molar-refractivity contribution in [2.75, 3.05) is 0 Å². The number of furan rings is 1. The molecule has 0 amide bonds. The lowest BCUT2D eigenvalue weighted by atomic mass is 9.92. The predicted octanol–water partition coefficient (Wildman–Crippen LogP) is 7.91. The molecule has 5 rings (SSSR count). The van der Waals surface area contributed by atoms with Gasteiger partial charge < -0.3 is 4.42 Å². The Bertz CT molecular complexity index is 1250. The minimum absolute atomic E-state index is 0.790. The number of benzene rings is 3. The molecule has 1 aliphatic rings. The Kier molecular flexibility index (Phi) is 5.39. The first-order valence-electron chi connectivity index (χ1n) is 9.90. The normalized spacial score (nSPS) is 13.6. The predicted molar refractivity (Wildman–Crippen MR) is 131 cm³/mol. The van der Waals surface area contributed by atoms with E-state index < -0.39 is 0 Å². The second-order valence-electron chi connectivity index (χ2n) is 7.15. The van der Waals surface area contributed by atoms with E-state index in [0.29, 0.717) is 0 Å². The second-order valence-corrected chi connectivity index (χ2v) is 8.63. The number of hydrogen-bond acceptors (Lipinski definition) is 3. The van der Waals surface area contributed by atoms with Crippen molar-refractivity contribution in [3.05, 3.63) is 108 Å². The van der Waals surface area contributed by atoms with Crippen molar-refractivity contribution in [3.8, 4) is 11.3 Å². The van der Waals surface area contributed by atoms with Crippen molar-refractivity contribution in [1.29, 1.82) is 0 Å². The maximum Gasteiger partial charge on any atom is 0.136 e. The van der Waals surface area contributed by atoms with E-state index in [-0.39, 0.29) is 0 Å². The molecule has 4 aromatic rings. The molecule has 145 valence electrons. The largest absolute Gasteiger partial charge is 0.456 e. The molecule has 0 fully saturated rings. The van der Waals surface area contributed by atoms with Gasteiger partial charge in [-0.05, 0) is 35.4 Å². The van der Waals surface area contributed by atoms with Gasteiger partial charge in [-0.3, -0.25) is 0 Å². The number of para-hydroxylation sites is 1. The highest BCUT2D eigenvalue weighted by Crippen LogP contribution is 2.40. The van der Waals surface area contributed by atoms with Crippen molar-refractivity contribution in [3.63, 3.8) is 0 Å². The zero-order valence-electron chi connectivity index (χ0n) is 16.3. The van der Waals surface area contributed by atoms with Gasteiger partial charge in [0.25, 0.3) is 0 Å². The summed E-state index contributed by atoms with van der Waals surface area (Å²) in [6, 6.07) is 28.3. The number of thioether (sulfide) groups is 1. The molecular weight excluding hydrogens is 404 g/mol. The number of fused-ring (bicyclic) bond motifs is 1. The molecule has 0 atom stereocenters. The summed E-state index contributed by atoms with van der Waals surface area (Å²) in [5.41, 5.74) is 5.45. The number of thiocarbonyl (C=S) groups is 1. The molecular formula is C27H19OS2. The lowest BCUT2D eigenvalue weighted by Gasteiger charge is -2.18. The van der Waals surface area contributed by atoms with Crippen LogP contribution in [0.3, 0.4) is 0 Å². The van der Waals surface area contributed by atoms with Gasteiger partial charge in [0.1, 0.15) is 11.3 Å². The van der Waals surface area contributed by atoms with Gasteiger partial charge in [0.05, 0.1) is 0 Å². The van der Waals surface area contributed by atoms with E-state index >= 15 is 0 Å². The summed E-state index contributed by atoms with van der Waals surface area (Å²) >= 11 is 7.54. The lowest BCUT2D eigenvalue weighted by Crippen LogP contribution is -2.04. The summed E-state index contributed by atoms with van der Waals surface area (Å²) in [5.74, 6) is 1.74. The maximum atomic E-state index is 6.23. The van der Waals surface area contributed by atoms with Crippen LogP contribution in [0.2, 0.25) is 0 Å². The molecule has 0 saturated carbocycles. The van der Waals surface area contributed by atoms with Crippen LogP contribution in [0.15, 0.2) is 100 Å². The Morgan fingerprint density at radius 3 is 2.67 bits per heavy atom. The van der Waals surface area contributed by atoms with Gasteiger partial charge in [0, 0.05) is 38.4 Å². The van der Waals surface area contributed by atoms with Crippen molar-refractivity contribution in [2.24, 2.45) is 0 Å². The first kappa shape index (κ1) is 19.1. The van der Waals surface area contributed by atoms with Gasteiger partial charge in [-0.1, -0.05) is 85.0 Å². The number of allylic oxidation sites excluding steroid dienone is 4. The molecule has 0 spiro atoms. The molecule has 3 heteroatoms. The number of hydrogen-bond donors (Lipinski definition) is 0. The van der Waals surface area contributed by atoms with Crippen LogP contribution in [0.4, 0.5) is 0 Å². The third kappa shape index (κ3) is 3.79. The van der Waals surface area contributed by atoms with E-state index in [9.17, 15) is 0 Å². The Labute approximate surface area is 186 Å². The molecule has 30 heavy (non-hydrogen) atoms. The molecule has 1 aromatic heterocycles. The summed E-state index contributed by atoms with van der Waals surface area (Å²) in [5, 5.41) is 1.10. The summed E-state index contributed by atoms with van der Waals surface area (Å²) in [7, 11) is 0. The van der Waals surface area contributed by atoms with Crippen LogP contribution < -0.4 is 0 Å². The van der Waals surface area contributed by atoms with E-state index in [1.165, 1.54) is 5.56 Å². The summed E-state index contributed by atoms with van der Waals surface area (Å²) < 4.78 is 6.23. The Morgan fingerprint density at radius 1 is 1.00 bits per heavy atom. The molecule has 3 aromatic carbocycles. The molecule has 1 heterocycles. The summed E-state index contributed by atoms with van der Waals surface area (Å²) in [4.78, 5) is 2.05. The molecule has 1 radical (unpaired) electrons. The SMILES string of the molecule is S=C1CC=CC=C1c1c(SCc2ccccc2)[c]ccc1-c1cc2ccccc2o1. The van der Waals surface area contributed by atoms with Crippen LogP contribution in [0, 0.1) is 6.07 Å². The van der Waals surface area contributed by atoms with Crippen LogP contribution in [0.5, 0.6) is 0 Å². The molecule has 0 bridgehead atoms. The minimum Gasteiger partial charge on any atom is -0.456 e. The summed E-state index contributed by atoms with van der Waals surface area (Å²) in [6.07, 6.45) is 7.11. The zero-order valence-corrected chi connectivity index (χ0v) is 17.9. The minimum atomic E-state index is 0.790. The number of rotatable bonds is 5. The smallest absolute Gasteiger partial charge is 0.136 e. The average Bonchev–Trinajstić information content (AvgIpc) is 3.23. The Balaban J connectivity index is 1.63. The fourth-order valence-corrected chi connectivity index (χ4v) is 4.96. The highest BCUT2D eigenvalue weighted by molar-refractivity contribution is 7.98. The molecule has 1 nitrogen and oxygen atoms in total. The van der Waals surface area contributed by atoms with Crippen molar-refractivity contribution < 1.29 is 4.42 Å². The lowest BCUT2D eigenvalue weighted by molar-refractivity contribution is 0.631. The van der Waals surface area contributed by atoms with Crippen molar-refractivity contribution >= 4 is 45.4 Å². The Morgan fingerprint density at radius 2 is 1.83 bits per heavy atom. The Hall–Kier alpha value is -2.88. The highest BCUT2D eigenvalue weighted by atomic mass is 32.2. The van der Waals surface area contributed by atoms with E-state index in [1.54, 1.807) is 11.8 Å². The standard InChI is InChI=1S/C27H19OS2/c29-25-15-7-5-12-22(25)27-21(24-17-20-11-4-6-14-23(20)28-24)13-8-16-26(27)30-18-19-9-2-1-3-10-19/h1-14,17H,15,18H2. The first-order chi connectivity index (χ1) is 14.8. The van der Waals surface area contributed by atoms with Gasteiger partial charge in [0.15, 0.2) is 0 Å². The second kappa shape index (κ2) is 8.47. The molecule has 0 N–H and O–H groups in total. The maximum absolute atomic E-state index is 6.23. The first-order valence-corrected chi connectivity index (χ1v) is 11.3. The quantitative estimate of drug-likeness (QED) is 0.239.